The van der Waals surface area contributed by atoms with Gasteiger partial charge in [-0.05, 0) is 12.1 Å². The Morgan fingerprint density at radius 3 is 2.25 bits per heavy atom. The summed E-state index contributed by atoms with van der Waals surface area (Å²) in [5.41, 5.74) is -0.0408. The summed E-state index contributed by atoms with van der Waals surface area (Å²) in [7, 11) is 0. The number of rotatable bonds is 1. The van der Waals surface area contributed by atoms with Crippen LogP contribution in [-0.4, -0.2) is 20.2 Å². The molecule has 0 bridgehead atoms. The van der Waals surface area contributed by atoms with Gasteiger partial charge in [-0.1, -0.05) is 20.8 Å². The summed E-state index contributed by atoms with van der Waals surface area (Å²) in [6, 6.07) is 0. The molecule has 0 aliphatic rings. The highest BCUT2D eigenvalue weighted by Crippen LogP contribution is 2.17. The zero-order chi connectivity index (χ0) is 9.35. The smallest absolute Gasteiger partial charge is 0.151 e. The molecule has 68 valence electrons. The maximum atomic E-state index is 4.20. The number of hydrogen-bond donors (Lipinski definition) is 1. The summed E-state index contributed by atoms with van der Waals surface area (Å²) in [5, 5.41) is 12.0. The third kappa shape index (κ3) is 1.97. The molecule has 0 saturated heterocycles. The fourth-order valence-corrected chi connectivity index (χ4v) is 0.781. The van der Waals surface area contributed by atoms with Crippen LogP contribution in [0.2, 0.25) is 0 Å². The number of nitrogens with zero attached hydrogens (tertiary/aromatic N) is 4. The van der Waals surface area contributed by atoms with E-state index in [1.807, 2.05) is 6.92 Å². The Morgan fingerprint density at radius 2 is 2.00 bits per heavy atom. The van der Waals surface area contributed by atoms with Gasteiger partial charge in [0, 0.05) is 5.41 Å². The Labute approximate surface area is 77.8 Å². The highest BCUT2D eigenvalue weighted by molar-refractivity contribution is 7.80. The van der Waals surface area contributed by atoms with Crippen molar-refractivity contribution in [2.45, 2.75) is 38.5 Å². The Balaban J connectivity index is 2.92. The third-order valence-electron chi connectivity index (χ3n) is 1.43. The van der Waals surface area contributed by atoms with Crippen molar-refractivity contribution in [3.63, 3.8) is 0 Å². The van der Waals surface area contributed by atoms with E-state index in [1.165, 1.54) is 4.80 Å². The Hall–Kier alpha value is -0.580. The van der Waals surface area contributed by atoms with Crippen LogP contribution < -0.4 is 0 Å². The molecule has 0 saturated carbocycles. The van der Waals surface area contributed by atoms with Crippen molar-refractivity contribution in [1.82, 2.24) is 20.2 Å². The standard InChI is InChI=1S/C7H14N4S/c1-5(12)11-9-6(8-10-11)7(2,3)4/h5,12H,1-4H3. The van der Waals surface area contributed by atoms with Gasteiger partial charge in [-0.25, -0.2) is 0 Å². The van der Waals surface area contributed by atoms with Crippen LogP contribution >= 0.6 is 12.6 Å². The molecule has 0 aliphatic carbocycles. The number of thiol groups is 1. The summed E-state index contributed by atoms with van der Waals surface area (Å²) in [6.07, 6.45) is 0. The van der Waals surface area contributed by atoms with Crippen LogP contribution in [0.5, 0.6) is 0 Å². The number of aromatic nitrogens is 4. The first-order chi connectivity index (χ1) is 5.41. The number of tetrazole rings is 1. The van der Waals surface area contributed by atoms with Crippen LogP contribution in [0.1, 0.15) is 38.9 Å². The molecule has 0 aliphatic heterocycles. The van der Waals surface area contributed by atoms with E-state index in [0.29, 0.717) is 0 Å². The lowest BCUT2D eigenvalue weighted by molar-refractivity contribution is 0.515. The second-order valence-electron chi connectivity index (χ2n) is 3.82. The zero-order valence-corrected chi connectivity index (χ0v) is 8.71. The topological polar surface area (TPSA) is 43.6 Å². The average Bonchev–Trinajstić information content (AvgIpc) is 2.30. The maximum absolute atomic E-state index is 4.20. The van der Waals surface area contributed by atoms with E-state index in [1.54, 1.807) is 0 Å². The molecule has 0 N–H and O–H groups in total. The Kier molecular flexibility index (Phi) is 2.41. The van der Waals surface area contributed by atoms with Crippen molar-refractivity contribution in [1.29, 1.82) is 0 Å². The average molecular weight is 186 g/mol. The molecule has 1 atom stereocenters. The minimum Gasteiger partial charge on any atom is -0.151 e. The van der Waals surface area contributed by atoms with Crippen molar-refractivity contribution in [2.24, 2.45) is 0 Å². The minimum absolute atomic E-state index is 0.0198. The quantitative estimate of drug-likeness (QED) is 0.674. The van der Waals surface area contributed by atoms with Gasteiger partial charge in [-0.3, -0.25) is 0 Å². The summed E-state index contributed by atoms with van der Waals surface area (Å²) in [4.78, 5) is 1.50. The van der Waals surface area contributed by atoms with E-state index >= 15 is 0 Å². The van der Waals surface area contributed by atoms with Gasteiger partial charge in [-0.15, -0.1) is 10.2 Å². The van der Waals surface area contributed by atoms with Crippen molar-refractivity contribution < 1.29 is 0 Å². The molecule has 4 nitrogen and oxygen atoms in total. The van der Waals surface area contributed by atoms with E-state index in [4.69, 9.17) is 0 Å². The van der Waals surface area contributed by atoms with Crippen LogP contribution in [-0.2, 0) is 5.41 Å². The normalized spacial score (nSPS) is 14.8. The lowest BCUT2D eigenvalue weighted by atomic mass is 9.96. The van der Waals surface area contributed by atoms with E-state index in [9.17, 15) is 0 Å². The molecule has 0 spiro atoms. The molecule has 1 aromatic rings. The molecule has 1 unspecified atom stereocenters. The second-order valence-corrected chi connectivity index (χ2v) is 4.56. The molecule has 5 heteroatoms. The molecule has 0 amide bonds. The summed E-state index contributed by atoms with van der Waals surface area (Å²) < 4.78 is 0. The highest BCUT2D eigenvalue weighted by atomic mass is 32.1. The summed E-state index contributed by atoms with van der Waals surface area (Å²) in [6.45, 7) is 8.06. The van der Waals surface area contributed by atoms with Gasteiger partial charge in [0.25, 0.3) is 0 Å². The Bertz CT molecular complexity index is 261. The molecule has 1 rings (SSSR count). The lowest BCUT2D eigenvalue weighted by Gasteiger charge is -2.11. The molecule has 0 radical (unpaired) electrons. The van der Waals surface area contributed by atoms with Gasteiger partial charge >= 0.3 is 0 Å². The second kappa shape index (κ2) is 3.05. The largest absolute Gasteiger partial charge is 0.180 e. The predicted octanol–water partition coefficient (Wildman–Crippen LogP) is 1.42. The summed E-state index contributed by atoms with van der Waals surface area (Å²) >= 11 is 4.19. The van der Waals surface area contributed by atoms with Crippen molar-refractivity contribution in [3.05, 3.63) is 5.82 Å². The van der Waals surface area contributed by atoms with E-state index in [-0.39, 0.29) is 10.8 Å². The van der Waals surface area contributed by atoms with Crippen molar-refractivity contribution in [3.8, 4) is 0 Å². The van der Waals surface area contributed by atoms with Gasteiger partial charge in [-0.2, -0.15) is 17.4 Å². The van der Waals surface area contributed by atoms with Crippen molar-refractivity contribution in [2.75, 3.05) is 0 Å². The molecular weight excluding hydrogens is 172 g/mol. The third-order valence-corrected chi connectivity index (χ3v) is 1.64. The fraction of sp³-hybridized carbons (Fsp3) is 0.857. The van der Waals surface area contributed by atoms with Crippen molar-refractivity contribution >= 4 is 12.6 Å². The molecule has 1 aromatic heterocycles. The SMILES string of the molecule is CC(S)n1nnc(C(C)(C)C)n1. The fourth-order valence-electron chi connectivity index (χ4n) is 0.684. The summed E-state index contributed by atoms with van der Waals surface area (Å²) in [5.74, 6) is 0.753. The first-order valence-corrected chi connectivity index (χ1v) is 4.41. The first-order valence-electron chi connectivity index (χ1n) is 3.89. The van der Waals surface area contributed by atoms with Crippen LogP contribution in [0.15, 0.2) is 0 Å². The zero-order valence-electron chi connectivity index (χ0n) is 7.81. The van der Waals surface area contributed by atoms with Gasteiger partial charge in [0.05, 0.1) is 0 Å². The molecule has 1 heterocycles. The van der Waals surface area contributed by atoms with Gasteiger partial charge in [0.2, 0.25) is 0 Å². The predicted molar refractivity (Wildman–Crippen MR) is 50.2 cm³/mol. The van der Waals surface area contributed by atoms with Gasteiger partial charge < -0.3 is 0 Å². The molecule has 12 heavy (non-hydrogen) atoms. The number of hydrogen-bond acceptors (Lipinski definition) is 4. The monoisotopic (exact) mass is 186 g/mol. The highest BCUT2D eigenvalue weighted by Gasteiger charge is 2.20. The first kappa shape index (κ1) is 9.51. The van der Waals surface area contributed by atoms with Crippen LogP contribution in [0.4, 0.5) is 0 Å². The van der Waals surface area contributed by atoms with Crippen LogP contribution in [0.25, 0.3) is 0 Å². The van der Waals surface area contributed by atoms with Gasteiger partial charge in [0.15, 0.2) is 5.82 Å². The van der Waals surface area contributed by atoms with E-state index in [0.717, 1.165) is 5.82 Å². The van der Waals surface area contributed by atoms with Gasteiger partial charge in [0.1, 0.15) is 5.37 Å². The molecular formula is C7H14N4S. The molecule has 0 fully saturated rings. The van der Waals surface area contributed by atoms with Crippen LogP contribution in [0.3, 0.4) is 0 Å². The van der Waals surface area contributed by atoms with E-state index < -0.39 is 0 Å². The minimum atomic E-state index is -0.0408. The Morgan fingerprint density at radius 1 is 1.42 bits per heavy atom. The van der Waals surface area contributed by atoms with Crippen LogP contribution in [0, 0.1) is 0 Å². The lowest BCUT2D eigenvalue weighted by Crippen LogP contribution is -2.14. The molecule has 0 aromatic carbocycles. The van der Waals surface area contributed by atoms with E-state index in [2.05, 4.69) is 48.8 Å². The maximum Gasteiger partial charge on any atom is 0.180 e.